The topological polar surface area (TPSA) is 52.0 Å². The van der Waals surface area contributed by atoms with Gasteiger partial charge in [0.2, 0.25) is 0 Å². The zero-order chi connectivity index (χ0) is 10.8. The average molecular weight is 192 g/mol. The Labute approximate surface area is 86.3 Å². The van der Waals surface area contributed by atoms with Gasteiger partial charge in [0.25, 0.3) is 0 Å². The maximum atomic E-state index is 6.07. The molecular weight excluding hydrogens is 172 g/mol. The van der Waals surface area contributed by atoms with Gasteiger partial charge in [-0.05, 0) is 32.8 Å². The molecule has 1 atom stereocenters. The van der Waals surface area contributed by atoms with Crippen LogP contribution in [-0.4, -0.2) is 5.54 Å². The van der Waals surface area contributed by atoms with E-state index in [0.29, 0.717) is 0 Å². The summed E-state index contributed by atoms with van der Waals surface area (Å²) in [6.45, 7) is 6.08. The van der Waals surface area contributed by atoms with Gasteiger partial charge in [-0.2, -0.15) is 0 Å². The molecule has 0 fully saturated rings. The van der Waals surface area contributed by atoms with E-state index in [1.807, 2.05) is 19.9 Å². The van der Waals surface area contributed by atoms with Crippen LogP contribution >= 0.6 is 0 Å². The Morgan fingerprint density at radius 2 is 2.00 bits per heavy atom. The maximum Gasteiger partial charge on any atom is 0.0312 e. The van der Waals surface area contributed by atoms with Crippen molar-refractivity contribution < 1.29 is 0 Å². The quantitative estimate of drug-likeness (QED) is 0.770. The Balaban J connectivity index is 2.74. The van der Waals surface area contributed by atoms with Crippen molar-refractivity contribution in [3.63, 3.8) is 0 Å². The normalized spacial score (nSPS) is 14.1. The molecule has 0 spiro atoms. The lowest BCUT2D eigenvalue weighted by molar-refractivity contribution is 0.429. The van der Waals surface area contributed by atoms with Crippen molar-refractivity contribution in [2.24, 2.45) is 11.5 Å². The van der Waals surface area contributed by atoms with Crippen LogP contribution in [0, 0.1) is 6.92 Å². The second-order valence-corrected chi connectivity index (χ2v) is 4.71. The van der Waals surface area contributed by atoms with E-state index in [-0.39, 0.29) is 11.6 Å². The third-order valence-electron chi connectivity index (χ3n) is 2.22. The molecule has 0 heterocycles. The SMILES string of the molecule is Cc1cccc(C(N)CC(C)(C)N)c1. The van der Waals surface area contributed by atoms with Gasteiger partial charge in [0.1, 0.15) is 0 Å². The van der Waals surface area contributed by atoms with Crippen molar-refractivity contribution in [3.05, 3.63) is 35.4 Å². The maximum absolute atomic E-state index is 6.07. The van der Waals surface area contributed by atoms with Crippen molar-refractivity contribution in [2.45, 2.75) is 38.8 Å². The van der Waals surface area contributed by atoms with E-state index < -0.39 is 0 Å². The standard InChI is InChI=1S/C12H20N2/c1-9-5-4-6-10(7-9)11(13)8-12(2,3)14/h4-7,11H,8,13-14H2,1-3H3. The molecule has 4 N–H and O–H groups in total. The van der Waals surface area contributed by atoms with Crippen LogP contribution < -0.4 is 11.5 Å². The van der Waals surface area contributed by atoms with Crippen LogP contribution in [0.1, 0.15) is 37.4 Å². The minimum Gasteiger partial charge on any atom is -0.325 e. The third kappa shape index (κ3) is 3.48. The first-order chi connectivity index (χ1) is 6.38. The first-order valence-electron chi connectivity index (χ1n) is 4.99. The van der Waals surface area contributed by atoms with E-state index in [4.69, 9.17) is 11.5 Å². The molecule has 2 heteroatoms. The number of benzene rings is 1. The Kier molecular flexibility index (Phi) is 3.29. The van der Waals surface area contributed by atoms with Crippen molar-refractivity contribution in [3.8, 4) is 0 Å². The summed E-state index contributed by atoms with van der Waals surface area (Å²) in [5.74, 6) is 0. The monoisotopic (exact) mass is 192 g/mol. The Bertz CT molecular complexity index is 299. The molecule has 78 valence electrons. The highest BCUT2D eigenvalue weighted by atomic mass is 14.7. The molecule has 0 bridgehead atoms. The fourth-order valence-electron chi connectivity index (χ4n) is 1.59. The molecule has 14 heavy (non-hydrogen) atoms. The number of rotatable bonds is 3. The highest BCUT2D eigenvalue weighted by molar-refractivity contribution is 5.25. The van der Waals surface area contributed by atoms with Gasteiger partial charge < -0.3 is 11.5 Å². The molecule has 0 aromatic heterocycles. The third-order valence-corrected chi connectivity index (χ3v) is 2.22. The van der Waals surface area contributed by atoms with Crippen molar-refractivity contribution in [2.75, 3.05) is 0 Å². The van der Waals surface area contributed by atoms with Gasteiger partial charge in [-0.1, -0.05) is 29.8 Å². The lowest BCUT2D eigenvalue weighted by Gasteiger charge is -2.23. The zero-order valence-electron chi connectivity index (χ0n) is 9.25. The second kappa shape index (κ2) is 4.11. The van der Waals surface area contributed by atoms with E-state index in [1.165, 1.54) is 11.1 Å². The molecular formula is C12H20N2. The van der Waals surface area contributed by atoms with Gasteiger partial charge in [-0.25, -0.2) is 0 Å². The van der Waals surface area contributed by atoms with Crippen LogP contribution in [0.4, 0.5) is 0 Å². The Hall–Kier alpha value is -0.860. The van der Waals surface area contributed by atoms with Crippen LogP contribution in [0.3, 0.4) is 0 Å². The fraction of sp³-hybridized carbons (Fsp3) is 0.500. The smallest absolute Gasteiger partial charge is 0.0312 e. The van der Waals surface area contributed by atoms with Crippen LogP contribution in [0.25, 0.3) is 0 Å². The summed E-state index contributed by atoms with van der Waals surface area (Å²) >= 11 is 0. The Morgan fingerprint density at radius 3 is 2.50 bits per heavy atom. The zero-order valence-corrected chi connectivity index (χ0v) is 9.25. The average Bonchev–Trinajstić information content (AvgIpc) is 2.01. The van der Waals surface area contributed by atoms with E-state index in [1.54, 1.807) is 0 Å². The van der Waals surface area contributed by atoms with E-state index >= 15 is 0 Å². The van der Waals surface area contributed by atoms with Crippen LogP contribution in [0.2, 0.25) is 0 Å². The summed E-state index contributed by atoms with van der Waals surface area (Å²) < 4.78 is 0. The van der Waals surface area contributed by atoms with Gasteiger partial charge >= 0.3 is 0 Å². The number of nitrogens with two attached hydrogens (primary N) is 2. The molecule has 0 aliphatic carbocycles. The second-order valence-electron chi connectivity index (χ2n) is 4.71. The van der Waals surface area contributed by atoms with Crippen LogP contribution in [-0.2, 0) is 0 Å². The molecule has 0 saturated heterocycles. The lowest BCUT2D eigenvalue weighted by Crippen LogP contribution is -2.35. The first-order valence-corrected chi connectivity index (χ1v) is 4.99. The van der Waals surface area contributed by atoms with Crippen molar-refractivity contribution >= 4 is 0 Å². The molecule has 0 aliphatic rings. The summed E-state index contributed by atoms with van der Waals surface area (Å²) in [6, 6.07) is 8.33. The minimum atomic E-state index is -0.205. The predicted octanol–water partition coefficient (Wildman–Crippen LogP) is 2.12. The van der Waals surface area contributed by atoms with E-state index in [9.17, 15) is 0 Å². The Morgan fingerprint density at radius 1 is 1.36 bits per heavy atom. The van der Waals surface area contributed by atoms with E-state index in [0.717, 1.165) is 6.42 Å². The summed E-state index contributed by atoms with van der Waals surface area (Å²) in [4.78, 5) is 0. The lowest BCUT2D eigenvalue weighted by atomic mass is 9.92. The van der Waals surface area contributed by atoms with E-state index in [2.05, 4.69) is 25.1 Å². The number of aryl methyl sites for hydroxylation is 1. The highest BCUT2D eigenvalue weighted by Gasteiger charge is 2.17. The van der Waals surface area contributed by atoms with Gasteiger partial charge in [-0.3, -0.25) is 0 Å². The summed E-state index contributed by atoms with van der Waals surface area (Å²) in [5, 5.41) is 0. The fourth-order valence-corrected chi connectivity index (χ4v) is 1.59. The predicted molar refractivity (Wildman–Crippen MR) is 61.0 cm³/mol. The molecule has 2 nitrogen and oxygen atoms in total. The summed E-state index contributed by atoms with van der Waals surface area (Å²) in [7, 11) is 0. The van der Waals surface area contributed by atoms with Gasteiger partial charge in [-0.15, -0.1) is 0 Å². The molecule has 1 rings (SSSR count). The first kappa shape index (κ1) is 11.2. The summed E-state index contributed by atoms with van der Waals surface area (Å²) in [5.41, 5.74) is 14.2. The molecule has 0 saturated carbocycles. The highest BCUT2D eigenvalue weighted by Crippen LogP contribution is 2.20. The largest absolute Gasteiger partial charge is 0.325 e. The van der Waals surface area contributed by atoms with Crippen LogP contribution in [0.15, 0.2) is 24.3 Å². The number of hydrogen-bond donors (Lipinski definition) is 2. The molecule has 1 aromatic rings. The van der Waals surface area contributed by atoms with Gasteiger partial charge in [0.15, 0.2) is 0 Å². The molecule has 0 radical (unpaired) electrons. The van der Waals surface area contributed by atoms with Gasteiger partial charge in [0, 0.05) is 11.6 Å². The van der Waals surface area contributed by atoms with Gasteiger partial charge in [0.05, 0.1) is 0 Å². The van der Waals surface area contributed by atoms with Crippen molar-refractivity contribution in [1.29, 1.82) is 0 Å². The minimum absolute atomic E-state index is 0.0369. The molecule has 0 amide bonds. The molecule has 0 aliphatic heterocycles. The molecule has 1 aromatic carbocycles. The number of hydrogen-bond acceptors (Lipinski definition) is 2. The molecule has 1 unspecified atom stereocenters. The van der Waals surface area contributed by atoms with Crippen molar-refractivity contribution in [1.82, 2.24) is 0 Å². The summed E-state index contributed by atoms with van der Waals surface area (Å²) in [6.07, 6.45) is 0.802. The van der Waals surface area contributed by atoms with Crippen LogP contribution in [0.5, 0.6) is 0 Å².